The van der Waals surface area contributed by atoms with Crippen molar-refractivity contribution < 1.29 is 44.3 Å². The van der Waals surface area contributed by atoms with Crippen molar-refractivity contribution in [1.29, 1.82) is 0 Å². The lowest BCUT2D eigenvalue weighted by Crippen LogP contribution is -2.63. The minimum absolute atomic E-state index is 0.0151. The number of hydrogen-bond acceptors (Lipinski definition) is 10. The number of methoxy groups -OCH3 is 1. The zero-order valence-corrected chi connectivity index (χ0v) is 23.4. The molecule has 1 aromatic carbocycles. The molecule has 0 unspecified atom stereocenters. The summed E-state index contributed by atoms with van der Waals surface area (Å²) in [4.78, 5) is 55.2. The summed E-state index contributed by atoms with van der Waals surface area (Å²) in [6, 6.07) is 2.15. The van der Waals surface area contributed by atoms with Gasteiger partial charge in [0.15, 0.2) is 17.2 Å². The fourth-order valence-corrected chi connectivity index (χ4v) is 7.01. The fourth-order valence-electron chi connectivity index (χ4n) is 7.01. The molecular formula is C30H34N2O9. The van der Waals surface area contributed by atoms with E-state index in [0.717, 1.165) is 18.1 Å². The van der Waals surface area contributed by atoms with Crippen LogP contribution in [0.15, 0.2) is 40.9 Å². The van der Waals surface area contributed by atoms with E-state index >= 15 is 0 Å². The number of Topliss-reactive ketones (excluding diaryl/α,β-unsaturated/α-hetero) is 3. The van der Waals surface area contributed by atoms with Crippen molar-refractivity contribution in [2.24, 2.45) is 11.8 Å². The van der Waals surface area contributed by atoms with Gasteiger partial charge in [-0.15, -0.1) is 0 Å². The number of aliphatic hydroxyl groups is 3. The van der Waals surface area contributed by atoms with Crippen LogP contribution in [0.1, 0.15) is 41.3 Å². The molecular weight excluding hydrogens is 532 g/mol. The summed E-state index contributed by atoms with van der Waals surface area (Å²) in [5.41, 5.74) is -1.16. The molecule has 4 aliphatic rings. The highest BCUT2D eigenvalue weighted by atomic mass is 16.5. The molecule has 218 valence electrons. The summed E-state index contributed by atoms with van der Waals surface area (Å²) in [6.45, 7) is 1.89. The number of rotatable bonds is 5. The first-order valence-electron chi connectivity index (χ1n) is 13.5. The Morgan fingerprint density at radius 2 is 1.88 bits per heavy atom. The van der Waals surface area contributed by atoms with E-state index in [1.807, 2.05) is 6.08 Å². The molecule has 1 heterocycles. The van der Waals surface area contributed by atoms with Crippen LogP contribution < -0.4 is 0 Å². The van der Waals surface area contributed by atoms with E-state index in [4.69, 9.17) is 4.74 Å². The molecule has 1 aromatic rings. The highest BCUT2D eigenvalue weighted by molar-refractivity contribution is 6.25. The first-order valence-corrected chi connectivity index (χ1v) is 13.5. The Morgan fingerprint density at radius 3 is 2.46 bits per heavy atom. The van der Waals surface area contributed by atoms with Gasteiger partial charge >= 0.3 is 0 Å². The molecule has 4 N–H and O–H groups in total. The SMILES string of the molecule is COCC(=O)N1CC=C(c2ccc(O)c3c2C[C@H]2C[C@H]4[C@H](N(C)C)C(O)=C(C(C)=O)C(=O)[C@@]4(O)C(O)=C2C3=O)CC1. The number of benzene rings is 1. The van der Waals surface area contributed by atoms with E-state index in [2.05, 4.69) is 0 Å². The molecule has 41 heavy (non-hydrogen) atoms. The van der Waals surface area contributed by atoms with Crippen LogP contribution in [0.3, 0.4) is 0 Å². The third-order valence-electron chi connectivity index (χ3n) is 8.89. The number of allylic oxidation sites excluding steroid dienone is 1. The van der Waals surface area contributed by atoms with E-state index in [1.165, 1.54) is 13.2 Å². The van der Waals surface area contributed by atoms with Gasteiger partial charge in [-0.25, -0.2) is 0 Å². The average molecular weight is 567 g/mol. The smallest absolute Gasteiger partial charge is 0.248 e. The van der Waals surface area contributed by atoms with E-state index in [1.54, 1.807) is 30.0 Å². The Morgan fingerprint density at radius 1 is 1.17 bits per heavy atom. The number of carbonyl (C=O) groups is 4. The number of amides is 1. The van der Waals surface area contributed by atoms with Crippen molar-refractivity contribution >= 4 is 28.8 Å². The number of fused-ring (bicyclic) bond motifs is 3. The molecule has 0 bridgehead atoms. The summed E-state index contributed by atoms with van der Waals surface area (Å²) in [6.07, 6.45) is 2.70. The van der Waals surface area contributed by atoms with Crippen LogP contribution in [0, 0.1) is 11.8 Å². The number of aromatic hydroxyl groups is 1. The Kier molecular flexibility index (Phi) is 7.17. The van der Waals surface area contributed by atoms with Gasteiger partial charge in [-0.05, 0) is 69.0 Å². The van der Waals surface area contributed by atoms with Crippen LogP contribution in [0.5, 0.6) is 5.75 Å². The van der Waals surface area contributed by atoms with Crippen LogP contribution in [0.25, 0.3) is 5.57 Å². The van der Waals surface area contributed by atoms with Crippen LogP contribution in [0.2, 0.25) is 0 Å². The highest BCUT2D eigenvalue weighted by Gasteiger charge is 2.63. The number of likely N-dealkylation sites (N-methyl/N-ethyl adjacent to an activating group) is 1. The molecule has 11 nitrogen and oxygen atoms in total. The maximum Gasteiger partial charge on any atom is 0.248 e. The molecule has 3 aliphatic carbocycles. The van der Waals surface area contributed by atoms with Crippen molar-refractivity contribution in [3.63, 3.8) is 0 Å². The predicted molar refractivity (Wildman–Crippen MR) is 146 cm³/mol. The highest BCUT2D eigenvalue weighted by Crippen LogP contribution is 2.53. The molecule has 0 spiro atoms. The van der Waals surface area contributed by atoms with Gasteiger partial charge < -0.3 is 30.1 Å². The van der Waals surface area contributed by atoms with Crippen molar-refractivity contribution in [3.8, 4) is 5.75 Å². The van der Waals surface area contributed by atoms with Gasteiger partial charge in [0.1, 0.15) is 29.4 Å². The van der Waals surface area contributed by atoms with Crippen LogP contribution in [0.4, 0.5) is 0 Å². The maximum atomic E-state index is 13.9. The number of hydrogen-bond donors (Lipinski definition) is 4. The van der Waals surface area contributed by atoms with Crippen LogP contribution in [-0.2, 0) is 25.5 Å². The van der Waals surface area contributed by atoms with Gasteiger partial charge in [-0.1, -0.05) is 12.1 Å². The standard InChI is InChI=1S/C30H34N2O9/c1-14(33)22-27(37)25(31(2)3)19-12-16-11-18-17(15-7-9-32(10-8-15)21(35)13-41-4)5-6-20(34)24(18)26(36)23(16)29(39)30(19,40)28(22)38/h5-7,16,19,25,34,37,39-40H,8-13H2,1-4H3/t16-,19-,25-,30+/m0/s1. The zero-order chi connectivity index (χ0) is 30.0. The molecule has 0 radical (unpaired) electrons. The quantitative estimate of drug-likeness (QED) is 0.384. The first-order chi connectivity index (χ1) is 19.3. The van der Waals surface area contributed by atoms with Gasteiger partial charge in [0.2, 0.25) is 11.7 Å². The lowest BCUT2D eigenvalue weighted by Gasteiger charge is -2.50. The monoisotopic (exact) mass is 566 g/mol. The fraction of sp³-hybridized carbons (Fsp3) is 0.467. The second kappa shape index (κ2) is 10.2. The number of nitrogens with zero attached hydrogens (tertiary/aromatic N) is 2. The molecule has 1 aliphatic heterocycles. The summed E-state index contributed by atoms with van der Waals surface area (Å²) in [7, 11) is 4.71. The third-order valence-corrected chi connectivity index (χ3v) is 8.89. The van der Waals surface area contributed by atoms with E-state index in [0.29, 0.717) is 25.1 Å². The Labute approximate surface area is 237 Å². The molecule has 1 amide bonds. The van der Waals surface area contributed by atoms with Crippen molar-refractivity contribution in [1.82, 2.24) is 9.80 Å². The molecule has 11 heteroatoms. The molecule has 4 atom stereocenters. The zero-order valence-electron chi connectivity index (χ0n) is 23.4. The summed E-state index contributed by atoms with van der Waals surface area (Å²) < 4.78 is 4.95. The lowest BCUT2D eigenvalue weighted by atomic mass is 9.58. The largest absolute Gasteiger partial charge is 0.510 e. The van der Waals surface area contributed by atoms with Crippen molar-refractivity contribution in [2.75, 3.05) is 40.9 Å². The van der Waals surface area contributed by atoms with Gasteiger partial charge in [0, 0.05) is 31.7 Å². The van der Waals surface area contributed by atoms with Crippen LogP contribution in [-0.4, -0.2) is 106 Å². The topological polar surface area (TPSA) is 165 Å². The molecule has 0 saturated carbocycles. The van der Waals surface area contributed by atoms with E-state index in [-0.39, 0.29) is 42.2 Å². The number of aliphatic hydroxyl groups excluding tert-OH is 2. The minimum Gasteiger partial charge on any atom is -0.510 e. The minimum atomic E-state index is -2.60. The lowest BCUT2D eigenvalue weighted by molar-refractivity contribution is -0.148. The number of ketones is 3. The number of carbonyl (C=O) groups excluding carboxylic acids is 4. The molecule has 0 aromatic heterocycles. The first kappa shape index (κ1) is 28.7. The predicted octanol–water partition coefficient (Wildman–Crippen LogP) is 1.49. The number of phenols is 1. The molecule has 0 fully saturated rings. The van der Waals surface area contributed by atoms with Gasteiger partial charge in [0.05, 0.1) is 11.6 Å². The van der Waals surface area contributed by atoms with E-state index in [9.17, 15) is 39.6 Å². The average Bonchev–Trinajstić information content (AvgIpc) is 2.91. The number of ether oxygens (including phenoxy) is 1. The van der Waals surface area contributed by atoms with Crippen molar-refractivity contribution in [3.05, 3.63) is 57.6 Å². The summed E-state index contributed by atoms with van der Waals surface area (Å²) in [5, 5.41) is 45.0. The Hall–Kier alpha value is -3.80. The Bertz CT molecular complexity index is 1470. The summed E-state index contributed by atoms with van der Waals surface area (Å²) >= 11 is 0. The van der Waals surface area contributed by atoms with Gasteiger partial charge in [0.25, 0.3) is 0 Å². The van der Waals surface area contributed by atoms with Crippen molar-refractivity contribution in [2.45, 2.75) is 37.8 Å². The third kappa shape index (κ3) is 4.22. The Balaban J connectivity index is 1.61. The summed E-state index contributed by atoms with van der Waals surface area (Å²) in [5.74, 6) is -6.04. The maximum absolute atomic E-state index is 13.9. The normalized spacial score (nSPS) is 27.9. The van der Waals surface area contributed by atoms with Gasteiger partial charge in [-0.3, -0.25) is 24.1 Å². The number of phenolic OH excluding ortho intramolecular Hbond substituents is 1. The van der Waals surface area contributed by atoms with Gasteiger partial charge in [-0.2, -0.15) is 0 Å². The molecule has 5 rings (SSSR count). The second-order valence-electron chi connectivity index (χ2n) is 11.4. The second-order valence-corrected chi connectivity index (χ2v) is 11.4. The van der Waals surface area contributed by atoms with Crippen LogP contribution >= 0.6 is 0 Å². The molecule has 0 saturated heterocycles. The van der Waals surface area contributed by atoms with E-state index < -0.39 is 57.9 Å².